The van der Waals surface area contributed by atoms with Crippen LogP contribution >= 0.6 is 0 Å². The lowest BCUT2D eigenvalue weighted by Gasteiger charge is -2.24. The summed E-state index contributed by atoms with van der Waals surface area (Å²) < 4.78 is 5.33. The van der Waals surface area contributed by atoms with Gasteiger partial charge in [0.2, 0.25) is 0 Å². The van der Waals surface area contributed by atoms with Gasteiger partial charge in [0.05, 0.1) is 0 Å². The largest absolute Gasteiger partial charge is 0.444 e. The zero-order valence-corrected chi connectivity index (χ0v) is 10.8. The summed E-state index contributed by atoms with van der Waals surface area (Å²) in [6.45, 7) is 6.78. The summed E-state index contributed by atoms with van der Waals surface area (Å²) in [6.07, 6.45) is 3.13. The van der Waals surface area contributed by atoms with Crippen LogP contribution in [0.5, 0.6) is 0 Å². The minimum Gasteiger partial charge on any atom is -0.444 e. The van der Waals surface area contributed by atoms with E-state index < -0.39 is 5.60 Å². The summed E-state index contributed by atoms with van der Waals surface area (Å²) in [4.78, 5) is 24.6. The number of likely N-dealkylation sites (tertiary alicyclic amines) is 1. The summed E-state index contributed by atoms with van der Waals surface area (Å²) >= 11 is 0. The molecule has 2 rings (SSSR count). The lowest BCUT2D eigenvalue weighted by Crippen LogP contribution is -2.35. The summed E-state index contributed by atoms with van der Waals surface area (Å²) in [6, 6.07) is 0. The summed E-state index contributed by atoms with van der Waals surface area (Å²) in [5.74, 6) is 1.02. The molecule has 0 aromatic rings. The molecule has 1 amide bonds. The fourth-order valence-electron chi connectivity index (χ4n) is 2.50. The van der Waals surface area contributed by atoms with Crippen LogP contribution in [0.2, 0.25) is 0 Å². The molecule has 4 heteroatoms. The Hall–Kier alpha value is -1.06. The van der Waals surface area contributed by atoms with Gasteiger partial charge in [-0.1, -0.05) is 0 Å². The molecule has 2 fully saturated rings. The molecule has 2 aliphatic rings. The third-order valence-electron chi connectivity index (χ3n) is 3.47. The maximum Gasteiger partial charge on any atom is 0.410 e. The molecule has 1 aliphatic carbocycles. The maximum atomic E-state index is 11.9. The van der Waals surface area contributed by atoms with Crippen molar-refractivity contribution in [3.05, 3.63) is 0 Å². The van der Waals surface area contributed by atoms with Gasteiger partial charge < -0.3 is 14.4 Å². The van der Waals surface area contributed by atoms with Crippen molar-refractivity contribution < 1.29 is 14.3 Å². The maximum absolute atomic E-state index is 11.9. The Kier molecular flexibility index (Phi) is 3.15. The van der Waals surface area contributed by atoms with E-state index in [4.69, 9.17) is 4.74 Å². The molecule has 0 aromatic heterocycles. The zero-order valence-electron chi connectivity index (χ0n) is 10.8. The van der Waals surface area contributed by atoms with E-state index in [9.17, 15) is 9.59 Å². The van der Waals surface area contributed by atoms with E-state index in [2.05, 4.69) is 0 Å². The van der Waals surface area contributed by atoms with Crippen LogP contribution in [0.15, 0.2) is 0 Å². The number of ether oxygens (including phenoxy) is 1. The predicted octanol–water partition coefficient (Wildman–Crippen LogP) is 2.08. The molecule has 0 spiro atoms. The first-order chi connectivity index (χ1) is 7.90. The summed E-state index contributed by atoms with van der Waals surface area (Å²) in [5, 5.41) is 0. The topological polar surface area (TPSA) is 46.6 Å². The molecule has 0 aromatic carbocycles. The van der Waals surface area contributed by atoms with Gasteiger partial charge in [-0.25, -0.2) is 4.79 Å². The number of aldehydes is 1. The van der Waals surface area contributed by atoms with Crippen molar-refractivity contribution >= 4 is 12.4 Å². The molecule has 2 atom stereocenters. The Balaban J connectivity index is 1.95. The molecule has 4 nitrogen and oxygen atoms in total. The van der Waals surface area contributed by atoms with Crippen LogP contribution in [0, 0.1) is 17.8 Å². The second kappa shape index (κ2) is 4.31. The Labute approximate surface area is 102 Å². The van der Waals surface area contributed by atoms with Crippen LogP contribution < -0.4 is 0 Å². The molecule has 96 valence electrons. The van der Waals surface area contributed by atoms with Crippen LogP contribution in [-0.4, -0.2) is 36.0 Å². The number of carbonyl (C=O) groups is 2. The number of rotatable bonds is 2. The lowest BCUT2D eigenvalue weighted by atomic mass is 9.93. The molecule has 0 N–H and O–H groups in total. The molecule has 1 saturated carbocycles. The van der Waals surface area contributed by atoms with Gasteiger partial charge in [0.25, 0.3) is 0 Å². The lowest BCUT2D eigenvalue weighted by molar-refractivity contribution is -0.111. The first-order valence-corrected chi connectivity index (χ1v) is 6.34. The molecule has 0 radical (unpaired) electrons. The molecular weight excluding hydrogens is 218 g/mol. The van der Waals surface area contributed by atoms with Gasteiger partial charge in [0, 0.05) is 19.0 Å². The Morgan fingerprint density at radius 3 is 2.41 bits per heavy atom. The van der Waals surface area contributed by atoms with Crippen molar-refractivity contribution in [3.8, 4) is 0 Å². The van der Waals surface area contributed by atoms with Crippen molar-refractivity contribution in [2.45, 2.75) is 39.2 Å². The smallest absolute Gasteiger partial charge is 0.410 e. The average molecular weight is 239 g/mol. The van der Waals surface area contributed by atoms with Crippen molar-refractivity contribution in [3.63, 3.8) is 0 Å². The number of hydrogen-bond donors (Lipinski definition) is 0. The predicted molar refractivity (Wildman–Crippen MR) is 63.6 cm³/mol. The third kappa shape index (κ3) is 2.99. The van der Waals surface area contributed by atoms with Gasteiger partial charge in [-0.3, -0.25) is 0 Å². The summed E-state index contributed by atoms with van der Waals surface area (Å²) in [5.41, 5.74) is -0.467. The second-order valence-electron chi connectivity index (χ2n) is 6.19. The fourth-order valence-corrected chi connectivity index (χ4v) is 2.50. The number of nitrogens with zero attached hydrogens (tertiary/aromatic N) is 1. The molecule has 1 aliphatic heterocycles. The fraction of sp³-hybridized carbons (Fsp3) is 0.846. The Morgan fingerprint density at radius 1 is 1.29 bits per heavy atom. The van der Waals surface area contributed by atoms with E-state index in [0.29, 0.717) is 24.9 Å². The van der Waals surface area contributed by atoms with Gasteiger partial charge >= 0.3 is 6.09 Å². The third-order valence-corrected chi connectivity index (χ3v) is 3.47. The minimum atomic E-state index is -0.467. The van der Waals surface area contributed by atoms with Crippen LogP contribution in [-0.2, 0) is 9.53 Å². The normalized spacial score (nSPS) is 29.2. The number of carbonyl (C=O) groups excluding carboxylic acids is 2. The molecule has 0 bridgehead atoms. The van der Waals surface area contributed by atoms with Gasteiger partial charge in [-0.15, -0.1) is 0 Å². The van der Waals surface area contributed by atoms with E-state index in [-0.39, 0.29) is 12.0 Å². The van der Waals surface area contributed by atoms with Gasteiger partial charge in [-0.2, -0.15) is 0 Å². The minimum absolute atomic E-state index is 0.00928. The highest BCUT2D eigenvalue weighted by Crippen LogP contribution is 2.43. The van der Waals surface area contributed by atoms with Crippen LogP contribution in [0.3, 0.4) is 0 Å². The summed E-state index contributed by atoms with van der Waals surface area (Å²) in [7, 11) is 0. The van der Waals surface area contributed by atoms with Crippen molar-refractivity contribution in [1.29, 1.82) is 0 Å². The second-order valence-corrected chi connectivity index (χ2v) is 6.19. The Morgan fingerprint density at radius 2 is 1.94 bits per heavy atom. The average Bonchev–Trinajstić information content (AvgIpc) is 2.95. The Bertz CT molecular complexity index is 317. The van der Waals surface area contributed by atoms with Gasteiger partial charge in [0.15, 0.2) is 0 Å². The van der Waals surface area contributed by atoms with Crippen molar-refractivity contribution in [2.24, 2.45) is 17.8 Å². The van der Waals surface area contributed by atoms with E-state index >= 15 is 0 Å². The highest BCUT2D eigenvalue weighted by molar-refractivity contribution is 5.70. The van der Waals surface area contributed by atoms with Crippen LogP contribution in [0.1, 0.15) is 33.6 Å². The monoisotopic (exact) mass is 239 g/mol. The van der Waals surface area contributed by atoms with Gasteiger partial charge in [-0.05, 0) is 45.4 Å². The molecule has 1 heterocycles. The molecule has 2 unspecified atom stereocenters. The number of amides is 1. The molecule has 1 saturated heterocycles. The highest BCUT2D eigenvalue weighted by Gasteiger charge is 2.44. The first kappa shape index (κ1) is 12.4. The van der Waals surface area contributed by atoms with Crippen LogP contribution in [0.25, 0.3) is 0 Å². The van der Waals surface area contributed by atoms with Crippen molar-refractivity contribution in [2.75, 3.05) is 13.1 Å². The van der Waals surface area contributed by atoms with Crippen LogP contribution in [0.4, 0.5) is 4.79 Å². The van der Waals surface area contributed by atoms with E-state index in [1.54, 1.807) is 4.90 Å². The zero-order chi connectivity index (χ0) is 12.6. The van der Waals surface area contributed by atoms with Crippen molar-refractivity contribution in [1.82, 2.24) is 4.90 Å². The van der Waals surface area contributed by atoms with Gasteiger partial charge in [0.1, 0.15) is 11.9 Å². The molecule has 17 heavy (non-hydrogen) atoms. The number of hydrogen-bond acceptors (Lipinski definition) is 3. The first-order valence-electron chi connectivity index (χ1n) is 6.34. The SMILES string of the molecule is CC(C)(C)OC(=O)N1CC(C=O)C(C2CC2)C1. The highest BCUT2D eigenvalue weighted by atomic mass is 16.6. The van der Waals surface area contributed by atoms with E-state index in [1.165, 1.54) is 12.8 Å². The quantitative estimate of drug-likeness (QED) is 0.693. The van der Waals surface area contributed by atoms with E-state index in [0.717, 1.165) is 6.29 Å². The standard InChI is InChI=1S/C13H21NO3/c1-13(2,3)17-12(16)14-6-10(8-15)11(7-14)9-4-5-9/h8-11H,4-7H2,1-3H3. The molecular formula is C13H21NO3. The van der Waals surface area contributed by atoms with E-state index in [1.807, 2.05) is 20.8 Å².